The number of nitro benzene ring substituents is 1. The highest BCUT2D eigenvalue weighted by Gasteiger charge is 2.18. The summed E-state index contributed by atoms with van der Waals surface area (Å²) in [6, 6.07) is 3.85. The standard InChI is InChI=1S/C14H18N2O7/c1-3-6-15(8-14(18)19)13(17)9-23-10-4-5-11(16(20)21)12(7-10)22-2/h4-5,7H,3,6,8-9H2,1-2H3,(H,18,19). The number of carboxylic acid groups (broad SMARTS) is 1. The van der Waals surface area contributed by atoms with Crippen molar-refractivity contribution in [1.29, 1.82) is 0 Å². The van der Waals surface area contributed by atoms with Crippen molar-refractivity contribution in [3.05, 3.63) is 28.3 Å². The number of hydrogen-bond acceptors (Lipinski definition) is 6. The monoisotopic (exact) mass is 326 g/mol. The summed E-state index contributed by atoms with van der Waals surface area (Å²) in [6.45, 7) is 1.36. The molecule has 23 heavy (non-hydrogen) atoms. The number of amides is 1. The zero-order chi connectivity index (χ0) is 17.4. The topological polar surface area (TPSA) is 119 Å². The van der Waals surface area contributed by atoms with Crippen LogP contribution < -0.4 is 9.47 Å². The van der Waals surface area contributed by atoms with Gasteiger partial charge in [0.25, 0.3) is 5.91 Å². The van der Waals surface area contributed by atoms with Gasteiger partial charge in [-0.05, 0) is 12.5 Å². The van der Waals surface area contributed by atoms with Gasteiger partial charge in [0, 0.05) is 18.7 Å². The number of nitrogens with zero attached hydrogens (tertiary/aromatic N) is 2. The van der Waals surface area contributed by atoms with E-state index in [9.17, 15) is 19.7 Å². The van der Waals surface area contributed by atoms with E-state index in [0.717, 1.165) is 0 Å². The van der Waals surface area contributed by atoms with Gasteiger partial charge in [-0.2, -0.15) is 0 Å². The normalized spacial score (nSPS) is 10.0. The van der Waals surface area contributed by atoms with Crippen molar-refractivity contribution >= 4 is 17.6 Å². The van der Waals surface area contributed by atoms with E-state index in [2.05, 4.69) is 0 Å². The molecule has 1 rings (SSSR count). The Morgan fingerprint density at radius 3 is 2.61 bits per heavy atom. The number of carbonyl (C=O) groups excluding carboxylic acids is 1. The van der Waals surface area contributed by atoms with E-state index in [1.165, 1.54) is 30.2 Å². The maximum absolute atomic E-state index is 12.0. The number of ether oxygens (including phenoxy) is 2. The summed E-state index contributed by atoms with van der Waals surface area (Å²) in [7, 11) is 1.28. The largest absolute Gasteiger partial charge is 0.490 e. The van der Waals surface area contributed by atoms with Crippen molar-refractivity contribution < 1.29 is 29.1 Å². The average Bonchev–Trinajstić information content (AvgIpc) is 2.51. The number of nitro groups is 1. The summed E-state index contributed by atoms with van der Waals surface area (Å²) in [5, 5.41) is 19.6. The molecule has 0 saturated carbocycles. The molecule has 0 bridgehead atoms. The molecular weight excluding hydrogens is 308 g/mol. The molecule has 0 aliphatic carbocycles. The number of methoxy groups -OCH3 is 1. The van der Waals surface area contributed by atoms with Crippen LogP contribution in [0.2, 0.25) is 0 Å². The number of carboxylic acids is 1. The van der Waals surface area contributed by atoms with Gasteiger partial charge < -0.3 is 19.5 Å². The second kappa shape index (κ2) is 8.57. The van der Waals surface area contributed by atoms with E-state index in [1.54, 1.807) is 0 Å². The maximum atomic E-state index is 12.0. The average molecular weight is 326 g/mol. The Morgan fingerprint density at radius 2 is 2.09 bits per heavy atom. The SMILES string of the molecule is CCCN(CC(=O)O)C(=O)COc1ccc([N+](=O)[O-])c(OC)c1. The molecule has 9 heteroatoms. The van der Waals surface area contributed by atoms with Crippen LogP contribution in [0.15, 0.2) is 18.2 Å². The van der Waals surface area contributed by atoms with Gasteiger partial charge >= 0.3 is 11.7 Å². The van der Waals surface area contributed by atoms with E-state index >= 15 is 0 Å². The van der Waals surface area contributed by atoms with Crippen molar-refractivity contribution in [3.63, 3.8) is 0 Å². The number of carbonyl (C=O) groups is 2. The van der Waals surface area contributed by atoms with Crippen LogP contribution in [-0.2, 0) is 9.59 Å². The van der Waals surface area contributed by atoms with Gasteiger partial charge in [0.05, 0.1) is 12.0 Å². The van der Waals surface area contributed by atoms with Gasteiger partial charge in [-0.3, -0.25) is 19.7 Å². The van der Waals surface area contributed by atoms with Crippen LogP contribution in [0.1, 0.15) is 13.3 Å². The molecule has 1 aromatic carbocycles. The zero-order valence-corrected chi connectivity index (χ0v) is 12.9. The molecule has 0 atom stereocenters. The quantitative estimate of drug-likeness (QED) is 0.536. The molecular formula is C14H18N2O7. The van der Waals surface area contributed by atoms with Crippen LogP contribution in [0.4, 0.5) is 5.69 Å². The minimum Gasteiger partial charge on any atom is -0.490 e. The molecule has 126 valence electrons. The van der Waals surface area contributed by atoms with E-state index in [0.29, 0.717) is 13.0 Å². The first-order valence-electron chi connectivity index (χ1n) is 6.83. The molecule has 0 aliphatic heterocycles. The second-order valence-electron chi connectivity index (χ2n) is 4.59. The van der Waals surface area contributed by atoms with Gasteiger partial charge in [0.2, 0.25) is 5.75 Å². The first-order chi connectivity index (χ1) is 10.9. The lowest BCUT2D eigenvalue weighted by molar-refractivity contribution is -0.385. The number of hydrogen-bond donors (Lipinski definition) is 1. The third-order valence-corrected chi connectivity index (χ3v) is 2.88. The fourth-order valence-electron chi connectivity index (χ4n) is 1.86. The molecule has 0 aliphatic rings. The molecule has 0 unspecified atom stereocenters. The predicted molar refractivity (Wildman–Crippen MR) is 79.7 cm³/mol. The number of aliphatic carboxylic acids is 1. The van der Waals surface area contributed by atoms with Crippen molar-refractivity contribution in [2.45, 2.75) is 13.3 Å². The molecule has 1 amide bonds. The minimum atomic E-state index is -1.11. The third-order valence-electron chi connectivity index (χ3n) is 2.88. The fourth-order valence-corrected chi connectivity index (χ4v) is 1.86. The molecule has 0 saturated heterocycles. The summed E-state index contributed by atoms with van der Waals surface area (Å²) in [4.78, 5) is 34.1. The van der Waals surface area contributed by atoms with E-state index in [4.69, 9.17) is 14.6 Å². The van der Waals surface area contributed by atoms with Crippen molar-refractivity contribution in [2.24, 2.45) is 0 Å². The molecule has 0 fully saturated rings. The zero-order valence-electron chi connectivity index (χ0n) is 12.9. The first-order valence-corrected chi connectivity index (χ1v) is 6.83. The molecule has 0 heterocycles. The Hall–Kier alpha value is -2.84. The van der Waals surface area contributed by atoms with Gasteiger partial charge in [-0.25, -0.2) is 0 Å². The predicted octanol–water partition coefficient (Wildman–Crippen LogP) is 1.31. The van der Waals surface area contributed by atoms with Gasteiger partial charge in [-0.15, -0.1) is 0 Å². The Bertz CT molecular complexity index is 588. The fraction of sp³-hybridized carbons (Fsp3) is 0.429. The van der Waals surface area contributed by atoms with Gasteiger partial charge in [0.1, 0.15) is 12.3 Å². The Kier molecular flexibility index (Phi) is 6.78. The molecule has 0 radical (unpaired) electrons. The van der Waals surface area contributed by atoms with E-state index in [-0.39, 0.29) is 23.8 Å². The van der Waals surface area contributed by atoms with Crippen molar-refractivity contribution in [2.75, 3.05) is 26.8 Å². The second-order valence-corrected chi connectivity index (χ2v) is 4.59. The van der Waals surface area contributed by atoms with E-state index < -0.39 is 23.3 Å². The van der Waals surface area contributed by atoms with Crippen LogP contribution in [0.25, 0.3) is 0 Å². The Balaban J connectivity index is 2.74. The lowest BCUT2D eigenvalue weighted by Gasteiger charge is -2.20. The molecule has 0 spiro atoms. The van der Waals surface area contributed by atoms with Crippen LogP contribution >= 0.6 is 0 Å². The first kappa shape index (κ1) is 18.2. The van der Waals surface area contributed by atoms with Crippen LogP contribution in [0.5, 0.6) is 11.5 Å². The number of benzene rings is 1. The van der Waals surface area contributed by atoms with Crippen LogP contribution in [0.3, 0.4) is 0 Å². The van der Waals surface area contributed by atoms with Crippen molar-refractivity contribution in [1.82, 2.24) is 4.90 Å². The lowest BCUT2D eigenvalue weighted by atomic mass is 10.3. The van der Waals surface area contributed by atoms with Gasteiger partial charge in [0.15, 0.2) is 6.61 Å². The Morgan fingerprint density at radius 1 is 1.39 bits per heavy atom. The number of rotatable bonds is 9. The Labute approximate surface area is 132 Å². The highest BCUT2D eigenvalue weighted by Crippen LogP contribution is 2.30. The van der Waals surface area contributed by atoms with Crippen LogP contribution in [0, 0.1) is 10.1 Å². The van der Waals surface area contributed by atoms with Crippen molar-refractivity contribution in [3.8, 4) is 11.5 Å². The minimum absolute atomic E-state index is 0.0101. The third kappa shape index (κ3) is 5.46. The molecule has 0 aromatic heterocycles. The molecule has 1 N–H and O–H groups in total. The molecule has 9 nitrogen and oxygen atoms in total. The summed E-state index contributed by atoms with van der Waals surface area (Å²) in [5.41, 5.74) is -0.218. The van der Waals surface area contributed by atoms with Crippen LogP contribution in [-0.4, -0.2) is 53.6 Å². The summed E-state index contributed by atoms with van der Waals surface area (Å²) >= 11 is 0. The summed E-state index contributed by atoms with van der Waals surface area (Å²) in [5.74, 6) is -1.36. The highest BCUT2D eigenvalue weighted by molar-refractivity contribution is 5.82. The lowest BCUT2D eigenvalue weighted by Crippen LogP contribution is -2.39. The van der Waals surface area contributed by atoms with Gasteiger partial charge in [-0.1, -0.05) is 6.92 Å². The highest BCUT2D eigenvalue weighted by atomic mass is 16.6. The smallest absolute Gasteiger partial charge is 0.323 e. The molecule has 1 aromatic rings. The summed E-state index contributed by atoms with van der Waals surface area (Å²) in [6.07, 6.45) is 0.615. The maximum Gasteiger partial charge on any atom is 0.323 e. The summed E-state index contributed by atoms with van der Waals surface area (Å²) < 4.78 is 10.2. The van der Waals surface area contributed by atoms with E-state index in [1.807, 2.05) is 6.92 Å².